The number of rotatable bonds is 6. The standard InChI is InChI=1S/C18H12F5NO4S/c1-27-12-4-3-9(5-13(12)28-2)8-29(25,26)10(7-24)6-11-14(19)16(21)18(23)17(22)15(11)20/h3-6H,8H2,1-2H3/b10-6-. The van der Waals surface area contributed by atoms with E-state index in [1.54, 1.807) is 0 Å². The fourth-order valence-corrected chi connectivity index (χ4v) is 3.55. The zero-order chi connectivity index (χ0) is 21.9. The highest BCUT2D eigenvalue weighted by Gasteiger charge is 2.27. The Morgan fingerprint density at radius 2 is 1.48 bits per heavy atom. The lowest BCUT2D eigenvalue weighted by Gasteiger charge is -2.10. The number of halogens is 5. The number of nitriles is 1. The van der Waals surface area contributed by atoms with Crippen molar-refractivity contribution in [3.8, 4) is 17.6 Å². The normalized spacial score (nSPS) is 11.9. The molecule has 5 nitrogen and oxygen atoms in total. The third kappa shape index (κ3) is 4.32. The number of benzene rings is 2. The molecule has 0 radical (unpaired) electrons. The summed E-state index contributed by atoms with van der Waals surface area (Å²) < 4.78 is 102. The molecule has 0 saturated heterocycles. The monoisotopic (exact) mass is 433 g/mol. The molecule has 0 heterocycles. The summed E-state index contributed by atoms with van der Waals surface area (Å²) in [6, 6.07) is 5.24. The van der Waals surface area contributed by atoms with Crippen molar-refractivity contribution in [3.05, 3.63) is 63.3 Å². The number of sulfone groups is 1. The van der Waals surface area contributed by atoms with E-state index in [-0.39, 0.29) is 17.4 Å². The largest absolute Gasteiger partial charge is 0.493 e. The van der Waals surface area contributed by atoms with Crippen molar-refractivity contribution < 1.29 is 39.8 Å². The van der Waals surface area contributed by atoms with E-state index in [1.807, 2.05) is 0 Å². The van der Waals surface area contributed by atoms with Crippen LogP contribution in [0.4, 0.5) is 22.0 Å². The number of nitrogens with zero attached hydrogens (tertiary/aromatic N) is 1. The minimum atomic E-state index is -4.51. The van der Waals surface area contributed by atoms with Crippen molar-refractivity contribution in [2.24, 2.45) is 0 Å². The first-order valence-corrected chi connectivity index (χ1v) is 9.29. The Kier molecular flexibility index (Phi) is 6.48. The van der Waals surface area contributed by atoms with Crippen LogP contribution in [0.3, 0.4) is 0 Å². The maximum absolute atomic E-state index is 13.8. The third-order valence-corrected chi connectivity index (χ3v) is 5.36. The summed E-state index contributed by atoms with van der Waals surface area (Å²) in [6.45, 7) is 0. The van der Waals surface area contributed by atoms with E-state index < -0.39 is 55.1 Å². The minimum absolute atomic E-state index is 0.104. The fourth-order valence-electron chi connectivity index (χ4n) is 2.34. The number of allylic oxidation sites excluding steroid dienone is 1. The van der Waals surface area contributed by atoms with Gasteiger partial charge < -0.3 is 9.47 Å². The Hall–Kier alpha value is -3.13. The smallest absolute Gasteiger partial charge is 0.200 e. The lowest BCUT2D eigenvalue weighted by atomic mass is 10.1. The number of hydrogen-bond acceptors (Lipinski definition) is 5. The van der Waals surface area contributed by atoms with Crippen LogP contribution in [0.25, 0.3) is 6.08 Å². The molecule has 0 fully saturated rings. The van der Waals surface area contributed by atoms with E-state index in [0.29, 0.717) is 5.75 Å². The zero-order valence-corrected chi connectivity index (χ0v) is 15.7. The molecule has 154 valence electrons. The average Bonchev–Trinajstić information content (AvgIpc) is 2.70. The highest BCUT2D eigenvalue weighted by atomic mass is 32.2. The summed E-state index contributed by atoms with van der Waals surface area (Å²) >= 11 is 0. The van der Waals surface area contributed by atoms with Crippen molar-refractivity contribution in [3.63, 3.8) is 0 Å². The highest BCUT2D eigenvalue weighted by molar-refractivity contribution is 7.95. The zero-order valence-electron chi connectivity index (χ0n) is 14.9. The van der Waals surface area contributed by atoms with Crippen LogP contribution in [0, 0.1) is 40.4 Å². The van der Waals surface area contributed by atoms with Crippen molar-refractivity contribution in [2.45, 2.75) is 5.75 Å². The van der Waals surface area contributed by atoms with Crippen molar-refractivity contribution >= 4 is 15.9 Å². The molecule has 0 aliphatic carbocycles. The summed E-state index contributed by atoms with van der Waals surface area (Å²) in [4.78, 5) is -1.18. The first-order chi connectivity index (χ1) is 13.6. The lowest BCUT2D eigenvalue weighted by molar-refractivity contribution is 0.354. The highest BCUT2D eigenvalue weighted by Crippen LogP contribution is 2.30. The number of ether oxygens (including phenoxy) is 2. The fraction of sp³-hybridized carbons (Fsp3) is 0.167. The molecule has 0 aromatic heterocycles. The molecule has 2 aromatic rings. The first kappa shape index (κ1) is 22.2. The molecular weight excluding hydrogens is 421 g/mol. The van der Waals surface area contributed by atoms with Crippen molar-refractivity contribution in [1.82, 2.24) is 0 Å². The van der Waals surface area contributed by atoms with Gasteiger partial charge in [-0.05, 0) is 23.8 Å². The van der Waals surface area contributed by atoms with E-state index in [9.17, 15) is 30.4 Å². The number of hydrogen-bond donors (Lipinski definition) is 0. The molecule has 0 unspecified atom stereocenters. The van der Waals surface area contributed by atoms with E-state index in [0.717, 1.165) is 0 Å². The van der Waals surface area contributed by atoms with Crippen LogP contribution in [0.2, 0.25) is 0 Å². The van der Waals surface area contributed by atoms with Crippen LogP contribution in [0.15, 0.2) is 23.1 Å². The van der Waals surface area contributed by atoms with Crippen LogP contribution in [-0.4, -0.2) is 22.6 Å². The minimum Gasteiger partial charge on any atom is -0.493 e. The van der Waals surface area contributed by atoms with Gasteiger partial charge in [0, 0.05) is 0 Å². The second kappa shape index (κ2) is 8.48. The molecule has 0 spiro atoms. The van der Waals surface area contributed by atoms with Gasteiger partial charge in [-0.3, -0.25) is 0 Å². The Bertz CT molecular complexity index is 1110. The van der Waals surface area contributed by atoms with Gasteiger partial charge in [-0.15, -0.1) is 0 Å². The summed E-state index contributed by atoms with van der Waals surface area (Å²) in [5.74, 6) is -11.7. The number of methoxy groups -OCH3 is 2. The summed E-state index contributed by atoms with van der Waals surface area (Å²) in [5, 5.41) is 9.11. The molecule has 0 N–H and O–H groups in total. The van der Waals surface area contributed by atoms with Gasteiger partial charge in [0.25, 0.3) is 0 Å². The van der Waals surface area contributed by atoms with E-state index in [1.165, 1.54) is 38.5 Å². The van der Waals surface area contributed by atoms with Gasteiger partial charge in [0.1, 0.15) is 11.0 Å². The molecule has 0 aliphatic heterocycles. The first-order valence-electron chi connectivity index (χ1n) is 7.64. The van der Waals surface area contributed by atoms with Gasteiger partial charge in [-0.1, -0.05) is 6.07 Å². The Labute approximate surface area is 162 Å². The van der Waals surface area contributed by atoms with Crippen LogP contribution in [0.1, 0.15) is 11.1 Å². The van der Waals surface area contributed by atoms with E-state index in [4.69, 9.17) is 14.7 Å². The molecule has 0 bridgehead atoms. The Balaban J connectivity index is 2.53. The second-order valence-corrected chi connectivity index (χ2v) is 7.51. The lowest BCUT2D eigenvalue weighted by Crippen LogP contribution is -2.09. The molecule has 29 heavy (non-hydrogen) atoms. The van der Waals surface area contributed by atoms with Crippen LogP contribution in [-0.2, 0) is 15.6 Å². The van der Waals surface area contributed by atoms with Gasteiger partial charge in [-0.2, -0.15) is 5.26 Å². The summed E-state index contributed by atoms with van der Waals surface area (Å²) in [7, 11) is -1.84. The maximum Gasteiger partial charge on any atom is 0.200 e. The molecule has 0 amide bonds. The van der Waals surface area contributed by atoms with Crippen molar-refractivity contribution in [1.29, 1.82) is 5.26 Å². The summed E-state index contributed by atoms with van der Waals surface area (Å²) in [6.07, 6.45) is 0.104. The van der Waals surface area contributed by atoms with Crippen LogP contribution >= 0.6 is 0 Å². The predicted octanol–water partition coefficient (Wildman–Crippen LogP) is 3.88. The molecule has 0 saturated carbocycles. The van der Waals surface area contributed by atoms with Gasteiger partial charge >= 0.3 is 0 Å². The molecule has 2 rings (SSSR count). The van der Waals surface area contributed by atoms with E-state index in [2.05, 4.69) is 0 Å². The topological polar surface area (TPSA) is 76.4 Å². The molecule has 0 aliphatic rings. The predicted molar refractivity (Wildman–Crippen MR) is 92.0 cm³/mol. The van der Waals surface area contributed by atoms with Crippen LogP contribution in [0.5, 0.6) is 11.5 Å². The van der Waals surface area contributed by atoms with Gasteiger partial charge in [0.15, 0.2) is 44.6 Å². The van der Waals surface area contributed by atoms with Gasteiger partial charge in [-0.25, -0.2) is 30.4 Å². The maximum atomic E-state index is 13.8. The molecule has 2 aromatic carbocycles. The summed E-state index contributed by atoms with van der Waals surface area (Å²) in [5.41, 5.74) is -1.41. The van der Waals surface area contributed by atoms with Crippen LogP contribution < -0.4 is 9.47 Å². The average molecular weight is 433 g/mol. The Morgan fingerprint density at radius 1 is 0.966 bits per heavy atom. The third-order valence-electron chi connectivity index (χ3n) is 3.77. The Morgan fingerprint density at radius 3 is 1.97 bits per heavy atom. The molecule has 0 atom stereocenters. The SMILES string of the molecule is COc1ccc(CS(=O)(=O)/C(C#N)=C\c2c(F)c(F)c(F)c(F)c2F)cc1OC. The van der Waals surface area contributed by atoms with Gasteiger partial charge in [0.2, 0.25) is 5.82 Å². The van der Waals surface area contributed by atoms with Crippen molar-refractivity contribution in [2.75, 3.05) is 14.2 Å². The van der Waals surface area contributed by atoms with Gasteiger partial charge in [0.05, 0.1) is 25.5 Å². The quantitative estimate of drug-likeness (QED) is 0.299. The second-order valence-electron chi connectivity index (χ2n) is 5.55. The van der Waals surface area contributed by atoms with E-state index >= 15 is 0 Å². The molecular formula is C18H12F5NO4S. The molecule has 11 heteroatoms.